The van der Waals surface area contributed by atoms with E-state index in [0.717, 1.165) is 0 Å². The van der Waals surface area contributed by atoms with Crippen LogP contribution in [0.3, 0.4) is 0 Å². The fourth-order valence-corrected chi connectivity index (χ4v) is 1.18. The molecule has 0 aliphatic rings. The van der Waals surface area contributed by atoms with Crippen LogP contribution in [-0.4, -0.2) is 28.0 Å². The predicted octanol–water partition coefficient (Wildman–Crippen LogP) is 1.97. The van der Waals surface area contributed by atoms with Crippen LogP contribution in [-0.2, 0) is 4.74 Å². The Morgan fingerprint density at radius 1 is 1.56 bits per heavy atom. The summed E-state index contributed by atoms with van der Waals surface area (Å²) in [5.41, 5.74) is -0.459. The van der Waals surface area contributed by atoms with Crippen molar-refractivity contribution >= 4 is 6.09 Å². The molecule has 1 N–H and O–H groups in total. The van der Waals surface area contributed by atoms with Gasteiger partial charge in [-0.2, -0.15) is 5.10 Å². The zero-order valence-electron chi connectivity index (χ0n) is 10.2. The molecule has 16 heavy (non-hydrogen) atoms. The number of carbonyl (C=O) groups is 1. The fraction of sp³-hybridized carbons (Fsp3) is 0.636. The van der Waals surface area contributed by atoms with Crippen molar-refractivity contribution in [2.75, 3.05) is 6.54 Å². The molecule has 5 nitrogen and oxygen atoms in total. The zero-order chi connectivity index (χ0) is 12.2. The average Bonchev–Trinajstić information content (AvgIpc) is 2.64. The van der Waals surface area contributed by atoms with Gasteiger partial charge >= 0.3 is 6.09 Å². The van der Waals surface area contributed by atoms with Crippen molar-refractivity contribution in [2.45, 2.75) is 39.3 Å². The Kier molecular flexibility index (Phi) is 3.93. The lowest BCUT2D eigenvalue weighted by Crippen LogP contribution is -2.35. The lowest BCUT2D eigenvalue weighted by atomic mass is 10.2. The highest BCUT2D eigenvalue weighted by Gasteiger charge is 2.16. The van der Waals surface area contributed by atoms with E-state index in [0.29, 0.717) is 6.54 Å². The van der Waals surface area contributed by atoms with Crippen LogP contribution in [0, 0.1) is 0 Å². The third-order valence-electron chi connectivity index (χ3n) is 1.92. The highest BCUT2D eigenvalue weighted by molar-refractivity contribution is 5.67. The highest BCUT2D eigenvalue weighted by atomic mass is 16.6. The van der Waals surface area contributed by atoms with Crippen LogP contribution in [0.25, 0.3) is 0 Å². The van der Waals surface area contributed by atoms with Gasteiger partial charge in [0.2, 0.25) is 0 Å². The molecule has 1 rings (SSSR count). The van der Waals surface area contributed by atoms with Crippen LogP contribution in [0.5, 0.6) is 0 Å². The molecule has 5 heteroatoms. The number of aromatic nitrogens is 2. The van der Waals surface area contributed by atoms with Crippen molar-refractivity contribution in [3.05, 3.63) is 18.5 Å². The second kappa shape index (κ2) is 5.01. The van der Waals surface area contributed by atoms with Crippen LogP contribution in [0.4, 0.5) is 4.79 Å². The van der Waals surface area contributed by atoms with E-state index in [1.165, 1.54) is 0 Å². The van der Waals surface area contributed by atoms with E-state index in [9.17, 15) is 4.79 Å². The lowest BCUT2D eigenvalue weighted by Gasteiger charge is -2.20. The van der Waals surface area contributed by atoms with Gasteiger partial charge in [0.1, 0.15) is 5.60 Å². The molecule has 1 aromatic rings. The Balaban J connectivity index is 2.32. The Hall–Kier alpha value is -1.52. The monoisotopic (exact) mass is 225 g/mol. The molecule has 90 valence electrons. The molecule has 0 spiro atoms. The Bertz CT molecular complexity index is 327. The number of hydrogen-bond acceptors (Lipinski definition) is 3. The summed E-state index contributed by atoms with van der Waals surface area (Å²) < 4.78 is 6.91. The number of carbonyl (C=O) groups excluding carboxylic acids is 1. The van der Waals surface area contributed by atoms with Gasteiger partial charge in [0.25, 0.3) is 0 Å². The molecule has 1 aromatic heterocycles. The molecule has 1 unspecified atom stereocenters. The summed E-state index contributed by atoms with van der Waals surface area (Å²) in [6.45, 7) is 7.98. The van der Waals surface area contributed by atoms with Crippen molar-refractivity contribution in [3.63, 3.8) is 0 Å². The maximum atomic E-state index is 11.4. The molecule has 0 saturated carbocycles. The van der Waals surface area contributed by atoms with Gasteiger partial charge in [0, 0.05) is 18.9 Å². The number of rotatable bonds is 3. The average molecular weight is 225 g/mol. The molecule has 0 aromatic carbocycles. The summed E-state index contributed by atoms with van der Waals surface area (Å²) in [6.07, 6.45) is 3.18. The maximum absolute atomic E-state index is 11.4. The van der Waals surface area contributed by atoms with Gasteiger partial charge in [-0.15, -0.1) is 0 Å². The molecule has 0 saturated heterocycles. The number of hydrogen-bond donors (Lipinski definition) is 1. The molecule has 0 fully saturated rings. The molecule has 1 heterocycles. The summed E-state index contributed by atoms with van der Waals surface area (Å²) in [5, 5.41) is 6.80. The van der Waals surface area contributed by atoms with Gasteiger partial charge in [-0.3, -0.25) is 4.68 Å². The van der Waals surface area contributed by atoms with E-state index in [1.807, 2.05) is 40.0 Å². The van der Waals surface area contributed by atoms with Gasteiger partial charge in [-0.1, -0.05) is 0 Å². The first kappa shape index (κ1) is 12.5. The van der Waals surface area contributed by atoms with Crippen LogP contribution < -0.4 is 5.32 Å². The Labute approximate surface area is 95.8 Å². The number of alkyl carbamates (subject to hydrolysis) is 1. The van der Waals surface area contributed by atoms with E-state index >= 15 is 0 Å². The molecule has 0 radical (unpaired) electrons. The van der Waals surface area contributed by atoms with Gasteiger partial charge in [-0.05, 0) is 33.8 Å². The third-order valence-corrected chi connectivity index (χ3v) is 1.92. The number of nitrogens with zero attached hydrogens (tertiary/aromatic N) is 2. The van der Waals surface area contributed by atoms with Crippen LogP contribution in [0.2, 0.25) is 0 Å². The third kappa shape index (κ3) is 4.33. The second-order valence-corrected chi connectivity index (χ2v) is 4.72. The van der Waals surface area contributed by atoms with Crippen LogP contribution >= 0.6 is 0 Å². The highest BCUT2D eigenvalue weighted by Crippen LogP contribution is 2.07. The van der Waals surface area contributed by atoms with Crippen molar-refractivity contribution in [1.82, 2.24) is 15.1 Å². The largest absolute Gasteiger partial charge is 0.444 e. The summed E-state index contributed by atoms with van der Waals surface area (Å²) in [5.74, 6) is 0. The van der Waals surface area contributed by atoms with Crippen molar-refractivity contribution in [3.8, 4) is 0 Å². The van der Waals surface area contributed by atoms with Crippen molar-refractivity contribution < 1.29 is 9.53 Å². The summed E-state index contributed by atoms with van der Waals surface area (Å²) >= 11 is 0. The number of nitrogens with one attached hydrogen (secondary N) is 1. The quantitative estimate of drug-likeness (QED) is 0.855. The summed E-state index contributed by atoms with van der Waals surface area (Å²) in [7, 11) is 0. The maximum Gasteiger partial charge on any atom is 0.407 e. The summed E-state index contributed by atoms with van der Waals surface area (Å²) in [6, 6.07) is 1.96. The zero-order valence-corrected chi connectivity index (χ0v) is 10.2. The first-order valence-corrected chi connectivity index (χ1v) is 5.34. The van der Waals surface area contributed by atoms with Crippen molar-refractivity contribution in [2.24, 2.45) is 0 Å². The topological polar surface area (TPSA) is 56.1 Å². The molecular formula is C11H19N3O2. The van der Waals surface area contributed by atoms with Crippen LogP contribution in [0.15, 0.2) is 18.5 Å². The molecule has 0 aliphatic heterocycles. The lowest BCUT2D eigenvalue weighted by molar-refractivity contribution is 0.0520. The molecule has 1 amide bonds. The first-order chi connectivity index (χ1) is 7.38. The Morgan fingerprint density at radius 2 is 2.25 bits per heavy atom. The second-order valence-electron chi connectivity index (χ2n) is 4.72. The van der Waals surface area contributed by atoms with E-state index in [4.69, 9.17) is 4.74 Å². The van der Waals surface area contributed by atoms with Gasteiger partial charge in [0.15, 0.2) is 0 Å². The van der Waals surface area contributed by atoms with Crippen LogP contribution in [0.1, 0.15) is 33.7 Å². The SMILES string of the molecule is CC(CNC(=O)OC(C)(C)C)n1cccn1. The van der Waals surface area contributed by atoms with E-state index in [1.54, 1.807) is 10.9 Å². The Morgan fingerprint density at radius 3 is 2.75 bits per heavy atom. The minimum atomic E-state index is -0.459. The summed E-state index contributed by atoms with van der Waals surface area (Å²) in [4.78, 5) is 11.4. The standard InChI is InChI=1S/C11H19N3O2/c1-9(14-7-5-6-13-14)8-12-10(15)16-11(2,3)4/h5-7,9H,8H2,1-4H3,(H,12,15). The molecule has 0 bridgehead atoms. The fourth-order valence-electron chi connectivity index (χ4n) is 1.18. The molecular weight excluding hydrogens is 206 g/mol. The minimum Gasteiger partial charge on any atom is -0.444 e. The van der Waals surface area contributed by atoms with Gasteiger partial charge in [0.05, 0.1) is 6.04 Å². The number of amides is 1. The molecule has 1 atom stereocenters. The van der Waals surface area contributed by atoms with E-state index in [-0.39, 0.29) is 6.04 Å². The van der Waals surface area contributed by atoms with E-state index < -0.39 is 11.7 Å². The predicted molar refractivity (Wildman–Crippen MR) is 61.2 cm³/mol. The smallest absolute Gasteiger partial charge is 0.407 e. The van der Waals surface area contributed by atoms with Gasteiger partial charge < -0.3 is 10.1 Å². The minimum absolute atomic E-state index is 0.113. The number of ether oxygens (including phenoxy) is 1. The first-order valence-electron chi connectivity index (χ1n) is 5.34. The van der Waals surface area contributed by atoms with Crippen molar-refractivity contribution in [1.29, 1.82) is 0 Å². The molecule has 0 aliphatic carbocycles. The normalized spacial score (nSPS) is 13.2. The van der Waals surface area contributed by atoms with E-state index in [2.05, 4.69) is 10.4 Å². The van der Waals surface area contributed by atoms with Gasteiger partial charge in [-0.25, -0.2) is 4.79 Å².